The van der Waals surface area contributed by atoms with Crippen LogP contribution in [0.4, 0.5) is 11.5 Å². The van der Waals surface area contributed by atoms with Crippen LogP contribution in [-0.2, 0) is 0 Å². The molecule has 0 aromatic carbocycles. The molecule has 2 N–H and O–H groups in total. The number of aromatic carboxylic acids is 1. The monoisotopic (exact) mass is 267 g/mol. The molecule has 0 aliphatic heterocycles. The van der Waals surface area contributed by atoms with Gasteiger partial charge in [-0.1, -0.05) is 13.8 Å². The SMILES string of the molecule is CCC(C)(CC)Nc1cc(C(=O)O)c([N+](=O)[O-])cn1. The number of nitrogens with one attached hydrogen (secondary N) is 1. The molecule has 0 atom stereocenters. The Labute approximate surface area is 110 Å². The predicted molar refractivity (Wildman–Crippen MR) is 70.5 cm³/mol. The first-order valence-electron chi connectivity index (χ1n) is 5.99. The van der Waals surface area contributed by atoms with Gasteiger partial charge in [0, 0.05) is 11.6 Å². The van der Waals surface area contributed by atoms with Crippen molar-refractivity contribution in [3.8, 4) is 0 Å². The zero-order valence-electron chi connectivity index (χ0n) is 11.1. The average Bonchev–Trinajstić information content (AvgIpc) is 2.38. The van der Waals surface area contributed by atoms with E-state index in [0.717, 1.165) is 19.0 Å². The molecule has 0 aliphatic carbocycles. The minimum absolute atomic E-state index is 0.223. The van der Waals surface area contributed by atoms with E-state index >= 15 is 0 Å². The van der Waals surface area contributed by atoms with Gasteiger partial charge in [-0.3, -0.25) is 10.1 Å². The maximum absolute atomic E-state index is 11.0. The topological polar surface area (TPSA) is 105 Å². The number of rotatable bonds is 6. The van der Waals surface area contributed by atoms with Crippen molar-refractivity contribution >= 4 is 17.5 Å². The highest BCUT2D eigenvalue weighted by molar-refractivity contribution is 5.93. The lowest BCUT2D eigenvalue weighted by Gasteiger charge is -2.28. The summed E-state index contributed by atoms with van der Waals surface area (Å²) in [7, 11) is 0. The van der Waals surface area contributed by atoms with Crippen molar-refractivity contribution in [3.05, 3.63) is 27.9 Å². The Morgan fingerprint density at radius 3 is 2.53 bits per heavy atom. The number of hydrogen-bond donors (Lipinski definition) is 2. The molecular weight excluding hydrogens is 250 g/mol. The van der Waals surface area contributed by atoms with Crippen LogP contribution in [0.5, 0.6) is 0 Å². The first-order valence-corrected chi connectivity index (χ1v) is 5.99. The molecule has 0 spiro atoms. The molecule has 0 radical (unpaired) electrons. The van der Waals surface area contributed by atoms with Gasteiger partial charge in [0.25, 0.3) is 0 Å². The summed E-state index contributed by atoms with van der Waals surface area (Å²) in [5, 5.41) is 22.8. The van der Waals surface area contributed by atoms with Crippen molar-refractivity contribution in [2.75, 3.05) is 5.32 Å². The summed E-state index contributed by atoms with van der Waals surface area (Å²) in [5.74, 6) is -1.01. The molecule has 104 valence electrons. The number of nitro groups is 1. The van der Waals surface area contributed by atoms with Crippen molar-refractivity contribution in [3.63, 3.8) is 0 Å². The van der Waals surface area contributed by atoms with Crippen LogP contribution in [0.1, 0.15) is 44.0 Å². The number of nitrogens with zero attached hydrogens (tertiary/aromatic N) is 2. The molecule has 0 aliphatic rings. The number of hydrogen-bond acceptors (Lipinski definition) is 5. The Morgan fingerprint density at radius 2 is 2.11 bits per heavy atom. The van der Waals surface area contributed by atoms with Crippen molar-refractivity contribution in [1.29, 1.82) is 0 Å². The second-order valence-electron chi connectivity index (χ2n) is 4.54. The fourth-order valence-corrected chi connectivity index (χ4v) is 1.57. The Balaban J connectivity index is 3.16. The standard InChI is InChI=1S/C12H17N3O4/c1-4-12(3,5-2)14-10-6-8(11(16)17)9(7-13-10)15(18)19/h6-7H,4-5H2,1-3H3,(H,13,14)(H,16,17). The minimum Gasteiger partial charge on any atom is -0.477 e. The highest BCUT2D eigenvalue weighted by Crippen LogP contribution is 2.24. The van der Waals surface area contributed by atoms with E-state index in [9.17, 15) is 14.9 Å². The highest BCUT2D eigenvalue weighted by Gasteiger charge is 2.24. The van der Waals surface area contributed by atoms with Gasteiger partial charge in [0.15, 0.2) is 0 Å². The maximum Gasteiger partial charge on any atom is 0.342 e. The number of carboxylic acid groups (broad SMARTS) is 1. The number of carboxylic acids is 1. The summed E-state index contributed by atoms with van der Waals surface area (Å²) in [5.41, 5.74) is -1.09. The normalized spacial score (nSPS) is 11.1. The average molecular weight is 267 g/mol. The fraction of sp³-hybridized carbons (Fsp3) is 0.500. The Bertz CT molecular complexity index is 498. The van der Waals surface area contributed by atoms with Crippen molar-refractivity contribution < 1.29 is 14.8 Å². The molecular formula is C12H17N3O4. The summed E-state index contributed by atoms with van der Waals surface area (Å²) in [6, 6.07) is 1.20. The van der Waals surface area contributed by atoms with Gasteiger partial charge in [0.05, 0.1) is 4.92 Å². The molecule has 0 saturated heterocycles. The van der Waals surface area contributed by atoms with Crippen molar-refractivity contribution in [2.45, 2.75) is 39.2 Å². The van der Waals surface area contributed by atoms with E-state index in [2.05, 4.69) is 10.3 Å². The first kappa shape index (κ1) is 14.9. The van der Waals surface area contributed by atoms with E-state index in [1.165, 1.54) is 6.07 Å². The lowest BCUT2D eigenvalue weighted by molar-refractivity contribution is -0.385. The summed E-state index contributed by atoms with van der Waals surface area (Å²) >= 11 is 0. The van der Waals surface area contributed by atoms with Crippen molar-refractivity contribution in [2.24, 2.45) is 0 Å². The number of pyridine rings is 1. The second kappa shape index (κ2) is 5.64. The van der Waals surface area contributed by atoms with E-state index < -0.39 is 16.6 Å². The van der Waals surface area contributed by atoms with E-state index in [0.29, 0.717) is 5.82 Å². The molecule has 7 heteroatoms. The summed E-state index contributed by atoms with van der Waals surface area (Å²) < 4.78 is 0. The quantitative estimate of drug-likeness (QED) is 0.606. The molecule has 0 fully saturated rings. The molecule has 19 heavy (non-hydrogen) atoms. The largest absolute Gasteiger partial charge is 0.477 e. The van der Waals surface area contributed by atoms with Crippen LogP contribution in [0, 0.1) is 10.1 Å². The van der Waals surface area contributed by atoms with Crippen LogP contribution in [-0.4, -0.2) is 26.5 Å². The fourth-order valence-electron chi connectivity index (χ4n) is 1.57. The van der Waals surface area contributed by atoms with Crippen LogP contribution >= 0.6 is 0 Å². The van der Waals surface area contributed by atoms with E-state index in [-0.39, 0.29) is 11.1 Å². The molecule has 7 nitrogen and oxygen atoms in total. The van der Waals surface area contributed by atoms with Crippen LogP contribution in [0.25, 0.3) is 0 Å². The molecule has 0 unspecified atom stereocenters. The van der Waals surface area contributed by atoms with Gasteiger partial charge < -0.3 is 10.4 Å². The van der Waals surface area contributed by atoms with Gasteiger partial charge in [-0.2, -0.15) is 0 Å². The second-order valence-corrected chi connectivity index (χ2v) is 4.54. The molecule has 1 aromatic rings. The zero-order chi connectivity index (χ0) is 14.6. The first-order chi connectivity index (χ1) is 8.83. The lowest BCUT2D eigenvalue weighted by atomic mass is 9.95. The summed E-state index contributed by atoms with van der Waals surface area (Å²) in [4.78, 5) is 24.9. The third-order valence-corrected chi connectivity index (χ3v) is 3.30. The maximum atomic E-state index is 11.0. The zero-order valence-corrected chi connectivity index (χ0v) is 11.1. The highest BCUT2D eigenvalue weighted by atomic mass is 16.6. The van der Waals surface area contributed by atoms with Crippen molar-refractivity contribution in [1.82, 2.24) is 4.98 Å². The molecule has 0 saturated carbocycles. The molecule has 1 heterocycles. The van der Waals surface area contributed by atoms with Crippen LogP contribution in [0.15, 0.2) is 12.3 Å². The van der Waals surface area contributed by atoms with Gasteiger partial charge in [0.2, 0.25) is 0 Å². The Morgan fingerprint density at radius 1 is 1.53 bits per heavy atom. The van der Waals surface area contributed by atoms with E-state index in [4.69, 9.17) is 5.11 Å². The number of anilines is 1. The Hall–Kier alpha value is -2.18. The number of carbonyl (C=O) groups is 1. The third-order valence-electron chi connectivity index (χ3n) is 3.30. The molecule has 1 aromatic heterocycles. The van der Waals surface area contributed by atoms with Gasteiger partial charge in [0.1, 0.15) is 17.6 Å². The van der Waals surface area contributed by atoms with E-state index in [1.54, 1.807) is 0 Å². The Kier molecular flexibility index (Phi) is 4.42. The van der Waals surface area contributed by atoms with E-state index in [1.807, 2.05) is 20.8 Å². The predicted octanol–water partition coefficient (Wildman–Crippen LogP) is 2.68. The summed E-state index contributed by atoms with van der Waals surface area (Å²) in [6.07, 6.45) is 2.62. The van der Waals surface area contributed by atoms with Gasteiger partial charge in [-0.15, -0.1) is 0 Å². The van der Waals surface area contributed by atoms with Gasteiger partial charge in [-0.05, 0) is 19.8 Å². The minimum atomic E-state index is -1.34. The molecule has 1 rings (SSSR count). The van der Waals surface area contributed by atoms with Gasteiger partial charge in [-0.25, -0.2) is 9.78 Å². The molecule has 0 amide bonds. The van der Waals surface area contributed by atoms with Gasteiger partial charge >= 0.3 is 11.7 Å². The molecule has 0 bridgehead atoms. The number of aromatic nitrogens is 1. The van der Waals surface area contributed by atoms with Crippen LogP contribution in [0.3, 0.4) is 0 Å². The van der Waals surface area contributed by atoms with Crippen LogP contribution in [0.2, 0.25) is 0 Å². The van der Waals surface area contributed by atoms with Crippen LogP contribution < -0.4 is 5.32 Å². The lowest BCUT2D eigenvalue weighted by Crippen LogP contribution is -2.33. The third kappa shape index (κ3) is 3.40. The smallest absolute Gasteiger partial charge is 0.342 e. The summed E-state index contributed by atoms with van der Waals surface area (Å²) in [6.45, 7) is 5.98.